The Bertz CT molecular complexity index is 588. The van der Waals surface area contributed by atoms with Crippen LogP contribution in [-0.2, 0) is 6.61 Å². The second-order valence-corrected chi connectivity index (χ2v) is 6.38. The van der Waals surface area contributed by atoms with Gasteiger partial charge in [-0.1, -0.05) is 36.8 Å². The predicted molar refractivity (Wildman–Crippen MR) is 93.9 cm³/mol. The fourth-order valence-electron chi connectivity index (χ4n) is 1.98. The molecule has 116 valence electrons. The number of carbonyl (C=O) groups excluding carboxylic acids is 1. The van der Waals surface area contributed by atoms with Gasteiger partial charge in [-0.25, -0.2) is 0 Å². The molecule has 0 amide bonds. The predicted octanol–water partition coefficient (Wildman–Crippen LogP) is 4.90. The Kier molecular flexibility index (Phi) is 6.53. The number of aryl methyl sites for hydroxylation is 1. The molecule has 0 unspecified atom stereocenters. The van der Waals surface area contributed by atoms with Crippen LogP contribution in [0.3, 0.4) is 0 Å². The van der Waals surface area contributed by atoms with E-state index in [0.717, 1.165) is 29.1 Å². The van der Waals surface area contributed by atoms with E-state index >= 15 is 0 Å². The maximum Gasteiger partial charge on any atom is 0.172 e. The van der Waals surface area contributed by atoms with Crippen molar-refractivity contribution in [1.29, 1.82) is 0 Å². The highest BCUT2D eigenvalue weighted by atomic mass is 32.2. The summed E-state index contributed by atoms with van der Waals surface area (Å²) in [5.74, 6) is 2.56. The normalized spacial score (nSPS) is 10.5. The molecule has 0 spiro atoms. The molecule has 0 aliphatic heterocycles. The van der Waals surface area contributed by atoms with Crippen molar-refractivity contribution in [3.8, 4) is 5.75 Å². The Morgan fingerprint density at radius 2 is 1.73 bits per heavy atom. The number of ether oxygens (including phenoxy) is 1. The van der Waals surface area contributed by atoms with Crippen molar-refractivity contribution in [2.75, 3.05) is 11.5 Å². The Hall–Kier alpha value is -1.74. The zero-order valence-electron chi connectivity index (χ0n) is 13.2. The van der Waals surface area contributed by atoms with Crippen LogP contribution in [-0.4, -0.2) is 17.3 Å². The SMILES string of the molecule is CCCSCC(=O)c1ccc(OCc2ccc(C)cc2)cc1. The lowest BCUT2D eigenvalue weighted by atomic mass is 10.1. The molecule has 2 aromatic carbocycles. The summed E-state index contributed by atoms with van der Waals surface area (Å²) in [4.78, 5) is 12.0. The van der Waals surface area contributed by atoms with E-state index in [1.165, 1.54) is 5.56 Å². The van der Waals surface area contributed by atoms with Crippen LogP contribution in [0.15, 0.2) is 48.5 Å². The maximum atomic E-state index is 12.0. The number of thioether (sulfide) groups is 1. The molecule has 0 atom stereocenters. The molecule has 2 rings (SSSR count). The van der Waals surface area contributed by atoms with Crippen LogP contribution in [0.1, 0.15) is 34.8 Å². The molecule has 0 bridgehead atoms. The quantitative estimate of drug-likeness (QED) is 0.512. The third-order valence-corrected chi connectivity index (χ3v) is 4.45. The zero-order chi connectivity index (χ0) is 15.8. The largest absolute Gasteiger partial charge is 0.489 e. The highest BCUT2D eigenvalue weighted by molar-refractivity contribution is 7.99. The summed E-state index contributed by atoms with van der Waals surface area (Å²) < 4.78 is 5.75. The third-order valence-electron chi connectivity index (χ3n) is 3.28. The van der Waals surface area contributed by atoms with E-state index < -0.39 is 0 Å². The van der Waals surface area contributed by atoms with Crippen molar-refractivity contribution >= 4 is 17.5 Å². The molecule has 0 N–H and O–H groups in total. The molecule has 3 heteroatoms. The van der Waals surface area contributed by atoms with E-state index in [1.54, 1.807) is 11.8 Å². The van der Waals surface area contributed by atoms with E-state index in [0.29, 0.717) is 12.4 Å². The Balaban J connectivity index is 1.86. The smallest absolute Gasteiger partial charge is 0.172 e. The number of hydrogen-bond acceptors (Lipinski definition) is 3. The number of rotatable bonds is 8. The molecular formula is C19H22O2S. The van der Waals surface area contributed by atoms with E-state index in [4.69, 9.17) is 4.74 Å². The van der Waals surface area contributed by atoms with Gasteiger partial charge in [-0.15, -0.1) is 0 Å². The second-order valence-electron chi connectivity index (χ2n) is 5.27. The summed E-state index contributed by atoms with van der Waals surface area (Å²) >= 11 is 1.69. The fourth-order valence-corrected chi connectivity index (χ4v) is 2.77. The second kappa shape index (κ2) is 8.64. The fraction of sp³-hybridized carbons (Fsp3) is 0.316. The van der Waals surface area contributed by atoms with Crippen molar-refractivity contribution in [3.63, 3.8) is 0 Å². The van der Waals surface area contributed by atoms with Gasteiger partial charge in [-0.2, -0.15) is 11.8 Å². The highest BCUT2D eigenvalue weighted by Gasteiger charge is 2.06. The highest BCUT2D eigenvalue weighted by Crippen LogP contribution is 2.16. The van der Waals surface area contributed by atoms with Gasteiger partial charge in [0.1, 0.15) is 12.4 Å². The Morgan fingerprint density at radius 1 is 1.05 bits per heavy atom. The molecule has 2 aromatic rings. The van der Waals surface area contributed by atoms with Gasteiger partial charge < -0.3 is 4.74 Å². The average molecular weight is 314 g/mol. The molecule has 22 heavy (non-hydrogen) atoms. The summed E-state index contributed by atoms with van der Waals surface area (Å²) in [5, 5.41) is 0. The van der Waals surface area contributed by atoms with Gasteiger partial charge in [0, 0.05) is 5.56 Å². The summed E-state index contributed by atoms with van der Waals surface area (Å²) in [6, 6.07) is 15.7. The zero-order valence-corrected chi connectivity index (χ0v) is 14.0. The van der Waals surface area contributed by atoms with E-state index in [1.807, 2.05) is 24.3 Å². The first-order chi connectivity index (χ1) is 10.7. The number of ketones is 1. The topological polar surface area (TPSA) is 26.3 Å². The molecule has 0 aromatic heterocycles. The molecule has 0 aliphatic carbocycles. The molecular weight excluding hydrogens is 292 g/mol. The Morgan fingerprint density at radius 3 is 2.36 bits per heavy atom. The maximum absolute atomic E-state index is 12.0. The standard InChI is InChI=1S/C19H22O2S/c1-3-12-22-14-19(20)17-8-10-18(11-9-17)21-13-16-6-4-15(2)5-7-16/h4-11H,3,12-14H2,1-2H3. The van der Waals surface area contributed by atoms with Crippen molar-refractivity contribution < 1.29 is 9.53 Å². The van der Waals surface area contributed by atoms with Crippen LogP contribution in [0.5, 0.6) is 5.75 Å². The van der Waals surface area contributed by atoms with Crippen LogP contribution in [0, 0.1) is 6.92 Å². The summed E-state index contributed by atoms with van der Waals surface area (Å²) in [7, 11) is 0. The van der Waals surface area contributed by atoms with E-state index in [9.17, 15) is 4.79 Å². The lowest BCUT2D eigenvalue weighted by Gasteiger charge is -2.07. The molecule has 0 saturated heterocycles. The third kappa shape index (κ3) is 5.23. The first-order valence-corrected chi connectivity index (χ1v) is 8.74. The van der Waals surface area contributed by atoms with E-state index in [-0.39, 0.29) is 5.78 Å². The van der Waals surface area contributed by atoms with E-state index in [2.05, 4.69) is 38.1 Å². The van der Waals surface area contributed by atoms with Gasteiger partial charge in [0.2, 0.25) is 0 Å². The van der Waals surface area contributed by atoms with Crippen LogP contribution in [0.4, 0.5) is 0 Å². The minimum atomic E-state index is 0.184. The van der Waals surface area contributed by atoms with Crippen LogP contribution in [0.25, 0.3) is 0 Å². The summed E-state index contributed by atoms with van der Waals surface area (Å²) in [6.45, 7) is 4.73. The molecule has 0 saturated carbocycles. The average Bonchev–Trinajstić information content (AvgIpc) is 2.55. The minimum Gasteiger partial charge on any atom is -0.489 e. The first kappa shape index (κ1) is 16.6. The van der Waals surface area contributed by atoms with Crippen LogP contribution in [0.2, 0.25) is 0 Å². The van der Waals surface area contributed by atoms with Gasteiger partial charge in [0.15, 0.2) is 5.78 Å². The van der Waals surface area contributed by atoms with Crippen LogP contribution >= 0.6 is 11.8 Å². The van der Waals surface area contributed by atoms with Gasteiger partial charge in [0.25, 0.3) is 0 Å². The van der Waals surface area contributed by atoms with Gasteiger partial charge >= 0.3 is 0 Å². The molecule has 0 fully saturated rings. The lowest BCUT2D eigenvalue weighted by Crippen LogP contribution is -2.03. The van der Waals surface area contributed by atoms with Crippen LogP contribution < -0.4 is 4.74 Å². The van der Waals surface area contributed by atoms with Crippen molar-refractivity contribution in [3.05, 3.63) is 65.2 Å². The van der Waals surface area contributed by atoms with Gasteiger partial charge in [-0.05, 0) is 48.9 Å². The number of benzene rings is 2. The molecule has 2 nitrogen and oxygen atoms in total. The minimum absolute atomic E-state index is 0.184. The summed E-state index contributed by atoms with van der Waals surface area (Å²) in [6.07, 6.45) is 1.10. The van der Waals surface area contributed by atoms with Crippen molar-refractivity contribution in [2.45, 2.75) is 26.9 Å². The number of hydrogen-bond donors (Lipinski definition) is 0. The molecule has 0 heterocycles. The molecule has 0 radical (unpaired) electrons. The monoisotopic (exact) mass is 314 g/mol. The van der Waals surface area contributed by atoms with Crippen molar-refractivity contribution in [1.82, 2.24) is 0 Å². The number of Topliss-reactive ketones (excluding diaryl/α,β-unsaturated/α-hetero) is 1. The van der Waals surface area contributed by atoms with Gasteiger partial charge in [-0.3, -0.25) is 4.79 Å². The Labute approximate surface area is 136 Å². The summed E-state index contributed by atoms with van der Waals surface area (Å²) in [5.41, 5.74) is 3.14. The van der Waals surface area contributed by atoms with Crippen molar-refractivity contribution in [2.24, 2.45) is 0 Å². The van der Waals surface area contributed by atoms with Gasteiger partial charge in [0.05, 0.1) is 5.75 Å². The lowest BCUT2D eigenvalue weighted by molar-refractivity contribution is 0.102. The number of carbonyl (C=O) groups is 1. The molecule has 0 aliphatic rings. The first-order valence-electron chi connectivity index (χ1n) is 7.58.